The molecule has 5 aromatic heterocycles. The van der Waals surface area contributed by atoms with Gasteiger partial charge in [0.2, 0.25) is 0 Å². The molecule has 10 heterocycles. The van der Waals surface area contributed by atoms with Crippen molar-refractivity contribution in [2.24, 2.45) is 0 Å². The number of benzene rings is 4. The number of furan rings is 5. The van der Waals surface area contributed by atoms with Crippen LogP contribution in [-0.4, -0.2) is 197 Å². The number of aryl methyl sites for hydroxylation is 1. The summed E-state index contributed by atoms with van der Waals surface area (Å²) in [6.07, 6.45) is 0. The van der Waals surface area contributed by atoms with Crippen LogP contribution in [0.1, 0.15) is 45.5 Å². The lowest BCUT2D eigenvalue weighted by Crippen LogP contribution is -2.46. The van der Waals surface area contributed by atoms with Crippen LogP contribution >= 0.6 is 0 Å². The van der Waals surface area contributed by atoms with Crippen molar-refractivity contribution in [3.8, 4) is 0 Å². The first-order valence-corrected chi connectivity index (χ1v) is 34.6. The third-order valence-electron chi connectivity index (χ3n) is 18.7. The minimum Gasteiger partial charge on any atom is -0.404 e. The molecule has 0 radical (unpaired) electrons. The van der Waals surface area contributed by atoms with Gasteiger partial charge in [0.05, 0.1) is 68.7 Å². The average molecular weight is 1430 g/mol. The molecule has 0 aliphatic carbocycles. The van der Waals surface area contributed by atoms with Gasteiger partial charge in [-0.2, -0.15) is 0 Å². The fourth-order valence-corrected chi connectivity index (χ4v) is 12.7. The Labute approximate surface area is 600 Å². The molecule has 0 unspecified atom stereocenters. The average Bonchev–Trinajstić information content (AvgIpc) is 1.05. The van der Waals surface area contributed by atoms with Crippen LogP contribution in [0.5, 0.6) is 0 Å². The molecule has 0 bridgehead atoms. The molecule has 104 heavy (non-hydrogen) atoms. The molecular weight excluding hydrogens is 1350 g/mol. The van der Waals surface area contributed by atoms with Gasteiger partial charge >= 0.3 is 29.4 Å². The first-order chi connectivity index (χ1) is 50.2. The summed E-state index contributed by atoms with van der Waals surface area (Å²) in [5.41, 5.74) is 7.15. The first-order valence-electron chi connectivity index (χ1n) is 34.6. The SMILES string of the molecule is CN1CCN(Cc2ccc([N+](=O)[O-])o2)CC1.Cc1cccc(N2CCN(Cc3ccc([N+](=O)[O-])o3)CC2)c1C.O=[N+]([O-])c1ccc(CN2CCN(Cc3ccccc3)CC2)o1.O=[N+]([O-])c1ccc(CN2CCN(c3ccccc3)CC2)o1.O=[N+]([O-])c1ccc(CN2CCN(c3ccccc3F)CC2)o1. The van der Waals surface area contributed by atoms with E-state index in [0.29, 0.717) is 80.3 Å². The van der Waals surface area contributed by atoms with Gasteiger partial charge in [-0.1, -0.05) is 72.8 Å². The van der Waals surface area contributed by atoms with E-state index < -0.39 is 24.6 Å². The Balaban J connectivity index is 0.000000140. The normalized spacial score (nSPS) is 16.6. The molecule has 30 nitrogen and oxygen atoms in total. The van der Waals surface area contributed by atoms with Crippen LogP contribution in [0.15, 0.2) is 186 Å². The Morgan fingerprint density at radius 1 is 0.317 bits per heavy atom. The van der Waals surface area contributed by atoms with Crippen LogP contribution in [0.3, 0.4) is 0 Å². The number of para-hydroxylation sites is 2. The van der Waals surface area contributed by atoms with Crippen molar-refractivity contribution in [1.82, 2.24) is 34.3 Å². The lowest BCUT2D eigenvalue weighted by molar-refractivity contribution is -0.402. The topological polar surface area (TPSA) is 314 Å². The molecule has 5 aliphatic rings. The second kappa shape index (κ2) is 37.5. The van der Waals surface area contributed by atoms with Gasteiger partial charge in [0.15, 0.2) is 0 Å². The number of hydrogen-bond acceptors (Lipinski definition) is 25. The maximum atomic E-state index is 13.8. The van der Waals surface area contributed by atoms with E-state index in [0.717, 1.165) is 124 Å². The van der Waals surface area contributed by atoms with E-state index in [1.54, 1.807) is 42.5 Å². The molecule has 9 aromatic rings. The van der Waals surface area contributed by atoms with E-state index in [-0.39, 0.29) is 35.2 Å². The molecule has 5 saturated heterocycles. The number of halogens is 1. The van der Waals surface area contributed by atoms with E-state index in [1.807, 2.05) is 35.2 Å². The van der Waals surface area contributed by atoms with Crippen molar-refractivity contribution >= 4 is 46.5 Å². The maximum Gasteiger partial charge on any atom is 0.433 e. The zero-order valence-corrected chi connectivity index (χ0v) is 58.7. The molecule has 0 saturated carbocycles. The van der Waals surface area contributed by atoms with Gasteiger partial charge in [0.25, 0.3) is 0 Å². The second-order valence-electron chi connectivity index (χ2n) is 25.9. The van der Waals surface area contributed by atoms with Gasteiger partial charge in [0, 0.05) is 149 Å². The minimum atomic E-state index is -0.542. The number of likely N-dealkylation sites (N-methyl/N-ethyl adjacent to an activating group) is 1. The van der Waals surface area contributed by atoms with Crippen molar-refractivity contribution in [2.75, 3.05) is 153 Å². The highest BCUT2D eigenvalue weighted by atomic mass is 19.1. The summed E-state index contributed by atoms with van der Waals surface area (Å²) in [7, 11) is 2.09. The molecule has 5 fully saturated rings. The predicted molar refractivity (Wildman–Crippen MR) is 388 cm³/mol. The highest BCUT2D eigenvalue weighted by molar-refractivity contribution is 5.56. The van der Waals surface area contributed by atoms with Crippen LogP contribution in [0.25, 0.3) is 0 Å². The van der Waals surface area contributed by atoms with Crippen LogP contribution in [0, 0.1) is 70.2 Å². The highest BCUT2D eigenvalue weighted by Gasteiger charge is 2.26. The van der Waals surface area contributed by atoms with Crippen molar-refractivity contribution in [1.29, 1.82) is 0 Å². The van der Waals surface area contributed by atoms with Crippen LogP contribution in [-0.2, 0) is 39.3 Å². The van der Waals surface area contributed by atoms with Crippen molar-refractivity contribution in [3.05, 3.63) is 266 Å². The number of hydrogen-bond donors (Lipinski definition) is 0. The van der Waals surface area contributed by atoms with Gasteiger partial charge < -0.3 is 41.7 Å². The Morgan fingerprint density at radius 2 is 0.606 bits per heavy atom. The van der Waals surface area contributed by atoms with Gasteiger partial charge in [-0.05, 0) is 98.2 Å². The Kier molecular flexibility index (Phi) is 27.4. The van der Waals surface area contributed by atoms with Gasteiger partial charge in [-0.25, -0.2) is 4.39 Å². The summed E-state index contributed by atoms with van der Waals surface area (Å²) >= 11 is 0. The second-order valence-corrected chi connectivity index (χ2v) is 25.9. The van der Waals surface area contributed by atoms with E-state index in [1.165, 1.54) is 64.5 Å². The van der Waals surface area contributed by atoms with Gasteiger partial charge in [-0.3, -0.25) is 80.0 Å². The molecule has 0 N–H and O–H groups in total. The van der Waals surface area contributed by atoms with Gasteiger partial charge in [0.1, 0.15) is 59.2 Å². The summed E-state index contributed by atoms with van der Waals surface area (Å²) in [5, 5.41) is 52.9. The molecule has 0 amide bonds. The summed E-state index contributed by atoms with van der Waals surface area (Å²) in [6.45, 7) is 26.6. The summed E-state index contributed by atoms with van der Waals surface area (Å²) < 4.78 is 39.7. The molecule has 0 atom stereocenters. The fraction of sp³-hybridized carbons (Fsp3) is 0.397. The zero-order chi connectivity index (χ0) is 73.5. The fourth-order valence-electron chi connectivity index (χ4n) is 12.7. The summed E-state index contributed by atoms with van der Waals surface area (Å²) in [5.74, 6) is 2.01. The van der Waals surface area contributed by atoms with Crippen LogP contribution in [0.4, 0.5) is 50.9 Å². The Morgan fingerprint density at radius 3 is 0.952 bits per heavy atom. The quantitative estimate of drug-likeness (QED) is 0.0505. The molecule has 4 aromatic carbocycles. The molecule has 31 heteroatoms. The third-order valence-corrected chi connectivity index (χ3v) is 18.7. The Bertz CT molecular complexity index is 4180. The molecule has 14 rings (SSSR count). The number of nitrogens with zero attached hydrogens (tertiary/aromatic N) is 15. The predicted octanol–water partition coefficient (Wildman–Crippen LogP) is 11.7. The summed E-state index contributed by atoms with van der Waals surface area (Å²) in [4.78, 5) is 73.0. The summed E-state index contributed by atoms with van der Waals surface area (Å²) in [6, 6.07) is 49.3. The standard InChI is InChI=1S/C17H21N3O3.C16H19N3O3.C15H16FN3O3.C15H17N3O3.C10H15N3O3/c1-13-4-3-5-16(14(13)2)19-10-8-18(9-11-19)12-15-6-7-17(23-15)20(21)22;20-19(21)16-7-6-15(22-16)13-18-10-8-17(9-11-18)12-14-4-2-1-3-5-14;16-13-3-1-2-4-14(13)18-9-7-17(8-10-18)11-12-5-6-15(22-12)19(20)21;19-18(20)15-7-6-14(21-15)12-16-8-10-17(11-9-16)13-4-2-1-3-5-13;1-11-4-6-12(7-5-11)8-9-2-3-10(16-9)13(14)15/h3-7H,8-12H2,1-2H3;1-7H,8-13H2;1-6H,7-11H2;1-7H,8-12H2;2-3H,4-8H2,1H3. The molecule has 0 spiro atoms. The van der Waals surface area contributed by atoms with E-state index >= 15 is 0 Å². The minimum absolute atomic E-state index is 0.177. The monoisotopic (exact) mass is 1430 g/mol. The first kappa shape index (κ1) is 76.0. The number of rotatable bonds is 20. The lowest BCUT2D eigenvalue weighted by atomic mass is 10.1. The number of nitro groups is 5. The largest absolute Gasteiger partial charge is 0.433 e. The molecule has 5 aliphatic heterocycles. The maximum absolute atomic E-state index is 13.8. The van der Waals surface area contributed by atoms with Crippen molar-refractivity contribution in [2.45, 2.75) is 53.1 Å². The van der Waals surface area contributed by atoms with Crippen molar-refractivity contribution in [3.63, 3.8) is 0 Å². The van der Waals surface area contributed by atoms with E-state index in [9.17, 15) is 55.0 Å². The van der Waals surface area contributed by atoms with Crippen LogP contribution < -0.4 is 14.7 Å². The van der Waals surface area contributed by atoms with Crippen molar-refractivity contribution < 1.29 is 51.1 Å². The lowest BCUT2D eigenvalue weighted by Gasteiger charge is -2.36. The van der Waals surface area contributed by atoms with E-state index in [2.05, 4.69) is 120 Å². The number of piperazine rings is 5. The molecule has 552 valence electrons. The number of anilines is 3. The zero-order valence-electron chi connectivity index (χ0n) is 58.7. The highest BCUT2D eigenvalue weighted by Crippen LogP contribution is 2.28. The molecular formula is C73H88FN15O15. The van der Waals surface area contributed by atoms with E-state index in [4.69, 9.17) is 22.1 Å². The smallest absolute Gasteiger partial charge is 0.404 e. The third kappa shape index (κ3) is 22.7. The van der Waals surface area contributed by atoms with Gasteiger partial charge in [-0.15, -0.1) is 0 Å². The Hall–Kier alpha value is -10.7. The van der Waals surface area contributed by atoms with Crippen LogP contribution in [0.2, 0.25) is 0 Å².